The van der Waals surface area contributed by atoms with Crippen LogP contribution in [0.1, 0.15) is 39.2 Å². The van der Waals surface area contributed by atoms with E-state index in [4.69, 9.17) is 4.74 Å². The molecule has 0 aliphatic heterocycles. The Morgan fingerprint density at radius 1 is 1.08 bits per heavy atom. The van der Waals surface area contributed by atoms with Crippen LogP contribution in [0.15, 0.2) is 48.5 Å². The fraction of sp³-hybridized carbons (Fsp3) is 0.409. The number of benzene rings is 2. The van der Waals surface area contributed by atoms with Crippen molar-refractivity contribution in [2.75, 3.05) is 6.61 Å². The Bertz CT molecular complexity index is 715. The normalized spacial score (nSPS) is 16.1. The van der Waals surface area contributed by atoms with Gasteiger partial charge in [-0.2, -0.15) is 0 Å². The van der Waals surface area contributed by atoms with Crippen LogP contribution in [0, 0.1) is 5.41 Å². The van der Waals surface area contributed by atoms with Crippen LogP contribution in [0.4, 0.5) is 0 Å². The summed E-state index contributed by atoms with van der Waals surface area (Å²) in [7, 11) is 0. The summed E-state index contributed by atoms with van der Waals surface area (Å²) in [5.74, 6) is 0.958. The van der Waals surface area contributed by atoms with Gasteiger partial charge in [0.15, 0.2) is 0 Å². The minimum absolute atomic E-state index is 0.0158. The van der Waals surface area contributed by atoms with Crippen LogP contribution in [0.3, 0.4) is 0 Å². The molecule has 0 spiro atoms. The Kier molecular flexibility index (Phi) is 5.12. The summed E-state index contributed by atoms with van der Waals surface area (Å²) >= 11 is 0. The molecular weight excluding hydrogens is 310 g/mol. The van der Waals surface area contributed by atoms with E-state index >= 15 is 0 Å². The lowest BCUT2D eigenvalue weighted by molar-refractivity contribution is -0.119. The molecule has 2 aromatic carbocycles. The minimum atomic E-state index is 0.0158. The molecule has 25 heavy (non-hydrogen) atoms. The fourth-order valence-electron chi connectivity index (χ4n) is 2.94. The SMILES string of the molecule is CC(=O)NC(C)Cc1ccc(-c2ccc(OCC3(C)CC3)cc2)cc1. The lowest BCUT2D eigenvalue weighted by Crippen LogP contribution is -2.31. The highest BCUT2D eigenvalue weighted by atomic mass is 16.5. The van der Waals surface area contributed by atoms with E-state index in [0.717, 1.165) is 18.8 Å². The van der Waals surface area contributed by atoms with Crippen molar-refractivity contribution in [2.24, 2.45) is 5.41 Å². The molecule has 1 atom stereocenters. The Morgan fingerprint density at radius 3 is 2.16 bits per heavy atom. The highest BCUT2D eigenvalue weighted by Gasteiger charge is 2.38. The van der Waals surface area contributed by atoms with Gasteiger partial charge in [0.2, 0.25) is 5.91 Å². The molecule has 132 valence electrons. The third-order valence-electron chi connectivity index (χ3n) is 4.82. The van der Waals surface area contributed by atoms with E-state index in [9.17, 15) is 4.79 Å². The van der Waals surface area contributed by atoms with Crippen LogP contribution in [-0.4, -0.2) is 18.6 Å². The maximum atomic E-state index is 11.1. The van der Waals surface area contributed by atoms with E-state index in [0.29, 0.717) is 5.41 Å². The quantitative estimate of drug-likeness (QED) is 0.802. The van der Waals surface area contributed by atoms with Crippen molar-refractivity contribution in [3.05, 3.63) is 54.1 Å². The van der Waals surface area contributed by atoms with Crippen LogP contribution in [0.5, 0.6) is 5.75 Å². The summed E-state index contributed by atoms with van der Waals surface area (Å²) in [6.45, 7) is 6.66. The summed E-state index contributed by atoms with van der Waals surface area (Å²) in [6.07, 6.45) is 3.39. The smallest absolute Gasteiger partial charge is 0.217 e. The van der Waals surface area contributed by atoms with Gasteiger partial charge < -0.3 is 10.1 Å². The molecule has 3 nitrogen and oxygen atoms in total. The number of amides is 1. The Hall–Kier alpha value is -2.29. The van der Waals surface area contributed by atoms with Gasteiger partial charge in [-0.15, -0.1) is 0 Å². The summed E-state index contributed by atoms with van der Waals surface area (Å²) in [6, 6.07) is 17.0. The predicted molar refractivity (Wildman–Crippen MR) is 102 cm³/mol. The molecule has 0 heterocycles. The zero-order valence-electron chi connectivity index (χ0n) is 15.3. The van der Waals surface area contributed by atoms with E-state index in [1.807, 2.05) is 19.1 Å². The topological polar surface area (TPSA) is 38.3 Å². The molecule has 1 N–H and O–H groups in total. The fourth-order valence-corrected chi connectivity index (χ4v) is 2.94. The molecule has 1 unspecified atom stereocenters. The monoisotopic (exact) mass is 337 g/mol. The zero-order valence-corrected chi connectivity index (χ0v) is 15.3. The lowest BCUT2D eigenvalue weighted by atomic mass is 10.0. The second-order valence-corrected chi connectivity index (χ2v) is 7.63. The van der Waals surface area contributed by atoms with Gasteiger partial charge >= 0.3 is 0 Å². The van der Waals surface area contributed by atoms with Crippen LogP contribution < -0.4 is 10.1 Å². The first-order valence-electron chi connectivity index (χ1n) is 9.03. The molecule has 1 saturated carbocycles. The molecule has 2 aromatic rings. The third-order valence-corrected chi connectivity index (χ3v) is 4.82. The van der Waals surface area contributed by atoms with Gasteiger partial charge in [-0.05, 0) is 55.0 Å². The van der Waals surface area contributed by atoms with Crippen LogP contribution in [-0.2, 0) is 11.2 Å². The van der Waals surface area contributed by atoms with Crippen molar-refractivity contribution >= 4 is 5.91 Å². The second kappa shape index (κ2) is 7.30. The number of carbonyl (C=O) groups is 1. The number of ether oxygens (including phenoxy) is 1. The highest BCUT2D eigenvalue weighted by Crippen LogP contribution is 2.45. The maximum Gasteiger partial charge on any atom is 0.217 e. The van der Waals surface area contributed by atoms with Crippen molar-refractivity contribution in [2.45, 2.75) is 46.1 Å². The van der Waals surface area contributed by atoms with Gasteiger partial charge in [-0.1, -0.05) is 43.3 Å². The number of carbonyl (C=O) groups excluding carboxylic acids is 1. The number of nitrogens with one attached hydrogen (secondary N) is 1. The molecule has 3 heteroatoms. The van der Waals surface area contributed by atoms with Gasteiger partial charge in [-0.3, -0.25) is 4.79 Å². The summed E-state index contributed by atoms with van der Waals surface area (Å²) in [5.41, 5.74) is 4.01. The molecule has 0 aromatic heterocycles. The average molecular weight is 337 g/mol. The van der Waals surface area contributed by atoms with Crippen molar-refractivity contribution < 1.29 is 9.53 Å². The van der Waals surface area contributed by atoms with E-state index in [1.165, 1.54) is 29.5 Å². The lowest BCUT2D eigenvalue weighted by Gasteiger charge is -2.13. The van der Waals surface area contributed by atoms with Gasteiger partial charge in [0.05, 0.1) is 6.61 Å². The molecule has 0 saturated heterocycles. The molecule has 1 fully saturated rings. The van der Waals surface area contributed by atoms with Crippen molar-refractivity contribution in [3.8, 4) is 16.9 Å². The number of hydrogen-bond acceptors (Lipinski definition) is 2. The van der Waals surface area contributed by atoms with Crippen molar-refractivity contribution in [1.29, 1.82) is 0 Å². The molecule has 1 aliphatic carbocycles. The van der Waals surface area contributed by atoms with E-state index in [1.54, 1.807) is 6.92 Å². The molecule has 1 aliphatic rings. The number of rotatable bonds is 7. The molecular formula is C22H27NO2. The first kappa shape index (κ1) is 17.5. The maximum absolute atomic E-state index is 11.1. The molecule has 3 rings (SSSR count). The number of hydrogen-bond donors (Lipinski definition) is 1. The first-order chi connectivity index (χ1) is 11.9. The van der Waals surface area contributed by atoms with E-state index < -0.39 is 0 Å². The van der Waals surface area contributed by atoms with Gasteiger partial charge in [0.1, 0.15) is 5.75 Å². The van der Waals surface area contributed by atoms with Gasteiger partial charge in [0.25, 0.3) is 0 Å². The van der Waals surface area contributed by atoms with Gasteiger partial charge in [-0.25, -0.2) is 0 Å². The Labute approximate surface area is 150 Å². The first-order valence-corrected chi connectivity index (χ1v) is 9.03. The Morgan fingerprint density at radius 2 is 1.64 bits per heavy atom. The van der Waals surface area contributed by atoms with Crippen molar-refractivity contribution in [1.82, 2.24) is 5.32 Å². The van der Waals surface area contributed by atoms with E-state index in [-0.39, 0.29) is 11.9 Å². The van der Waals surface area contributed by atoms with E-state index in [2.05, 4.69) is 48.6 Å². The van der Waals surface area contributed by atoms with Crippen LogP contribution in [0.25, 0.3) is 11.1 Å². The zero-order chi connectivity index (χ0) is 17.9. The Balaban J connectivity index is 1.58. The van der Waals surface area contributed by atoms with Crippen molar-refractivity contribution in [3.63, 3.8) is 0 Å². The third kappa shape index (κ3) is 5.09. The summed E-state index contributed by atoms with van der Waals surface area (Å²) in [4.78, 5) is 11.1. The summed E-state index contributed by atoms with van der Waals surface area (Å²) in [5, 5.41) is 2.92. The molecule has 0 bridgehead atoms. The highest BCUT2D eigenvalue weighted by molar-refractivity contribution is 5.73. The summed E-state index contributed by atoms with van der Waals surface area (Å²) < 4.78 is 5.88. The predicted octanol–water partition coefficient (Wildman–Crippen LogP) is 4.60. The molecule has 0 radical (unpaired) electrons. The molecule has 1 amide bonds. The average Bonchev–Trinajstić information content (AvgIpc) is 3.31. The second-order valence-electron chi connectivity index (χ2n) is 7.63. The largest absolute Gasteiger partial charge is 0.493 e. The minimum Gasteiger partial charge on any atom is -0.493 e. The van der Waals surface area contributed by atoms with Crippen LogP contribution in [0.2, 0.25) is 0 Å². The van der Waals surface area contributed by atoms with Gasteiger partial charge in [0, 0.05) is 18.4 Å². The van der Waals surface area contributed by atoms with Crippen LogP contribution >= 0.6 is 0 Å². The standard InChI is InChI=1S/C22H27NO2/c1-16(23-17(2)24)14-18-4-6-19(7-5-18)20-8-10-21(11-9-20)25-15-22(3)12-13-22/h4-11,16H,12-15H2,1-3H3,(H,23,24).